The second-order valence-corrected chi connectivity index (χ2v) is 8.26. The van der Waals surface area contributed by atoms with Crippen LogP contribution in [0.15, 0.2) is 78.1 Å². The van der Waals surface area contributed by atoms with E-state index in [9.17, 15) is 21.6 Å². The number of hydrogen-bond acceptors (Lipinski definition) is 4. The van der Waals surface area contributed by atoms with Crippen molar-refractivity contribution in [2.45, 2.75) is 11.1 Å². The van der Waals surface area contributed by atoms with Crippen LogP contribution < -0.4 is 0 Å². The van der Waals surface area contributed by atoms with Crippen molar-refractivity contribution in [3.05, 3.63) is 84.3 Å². The van der Waals surface area contributed by atoms with Gasteiger partial charge >= 0.3 is 6.18 Å². The zero-order valence-electron chi connectivity index (χ0n) is 15.1. The summed E-state index contributed by atoms with van der Waals surface area (Å²) < 4.78 is 65.3. The molecule has 9 heteroatoms. The average molecular weight is 427 g/mol. The van der Waals surface area contributed by atoms with Crippen molar-refractivity contribution in [3.63, 3.8) is 0 Å². The second-order valence-electron chi connectivity index (χ2n) is 6.45. The largest absolute Gasteiger partial charge is 0.416 e. The van der Waals surface area contributed by atoms with Crippen LogP contribution in [0.1, 0.15) is 11.1 Å². The van der Waals surface area contributed by atoms with Gasteiger partial charge in [0.05, 0.1) is 33.8 Å². The van der Waals surface area contributed by atoms with Gasteiger partial charge in [0.2, 0.25) is 0 Å². The fourth-order valence-electron chi connectivity index (χ4n) is 3.13. The quantitative estimate of drug-likeness (QED) is 0.469. The number of halogens is 3. The molecular weight excluding hydrogens is 415 g/mol. The Kier molecular flexibility index (Phi) is 4.59. The van der Waals surface area contributed by atoms with E-state index in [-0.39, 0.29) is 10.4 Å². The van der Waals surface area contributed by atoms with Gasteiger partial charge in [-0.1, -0.05) is 12.1 Å². The molecule has 0 radical (unpaired) electrons. The molecule has 0 N–H and O–H groups in total. The molecule has 150 valence electrons. The first-order valence-corrected chi connectivity index (χ1v) is 10.0. The van der Waals surface area contributed by atoms with Crippen LogP contribution in [0, 0.1) is 11.3 Å². The number of benzene rings is 2. The van der Waals surface area contributed by atoms with Gasteiger partial charge < -0.3 is 0 Å². The number of hydrogen-bond donors (Lipinski definition) is 0. The molecule has 0 bridgehead atoms. The zero-order valence-corrected chi connectivity index (χ0v) is 15.9. The maximum absolute atomic E-state index is 13.0. The van der Waals surface area contributed by atoms with E-state index in [1.807, 2.05) is 6.07 Å². The minimum atomic E-state index is -4.55. The molecule has 4 rings (SSSR count). The zero-order chi connectivity index (χ0) is 21.5. The summed E-state index contributed by atoms with van der Waals surface area (Å²) in [5.41, 5.74) is 1.26. The molecule has 5 nitrogen and oxygen atoms in total. The number of alkyl halides is 3. The van der Waals surface area contributed by atoms with Crippen LogP contribution >= 0.6 is 0 Å². The van der Waals surface area contributed by atoms with Crippen molar-refractivity contribution >= 4 is 20.9 Å². The molecule has 2 aromatic carbocycles. The van der Waals surface area contributed by atoms with Gasteiger partial charge in [-0.05, 0) is 48.0 Å². The summed E-state index contributed by atoms with van der Waals surface area (Å²) in [4.78, 5) is 3.85. The number of pyridine rings is 1. The van der Waals surface area contributed by atoms with Crippen LogP contribution in [0.4, 0.5) is 13.2 Å². The Bertz CT molecular complexity index is 1380. The van der Waals surface area contributed by atoms with Crippen molar-refractivity contribution < 1.29 is 21.6 Å². The van der Waals surface area contributed by atoms with Crippen LogP contribution in [0.3, 0.4) is 0 Å². The van der Waals surface area contributed by atoms with Crippen LogP contribution in [-0.4, -0.2) is 17.4 Å². The van der Waals surface area contributed by atoms with Gasteiger partial charge in [-0.3, -0.25) is 4.98 Å². The number of nitrogens with zero attached hydrogens (tertiary/aromatic N) is 3. The predicted molar refractivity (Wildman–Crippen MR) is 104 cm³/mol. The molecule has 2 heterocycles. The van der Waals surface area contributed by atoms with Crippen LogP contribution in [0.2, 0.25) is 0 Å². The maximum atomic E-state index is 13.0. The van der Waals surface area contributed by atoms with Gasteiger partial charge in [-0.2, -0.15) is 18.4 Å². The Morgan fingerprint density at radius 3 is 2.20 bits per heavy atom. The lowest BCUT2D eigenvalue weighted by molar-refractivity contribution is -0.137. The van der Waals surface area contributed by atoms with E-state index in [0.29, 0.717) is 16.5 Å². The highest BCUT2D eigenvalue weighted by Gasteiger charge is 2.31. The summed E-state index contributed by atoms with van der Waals surface area (Å²) in [5, 5.41) is 9.54. The fourth-order valence-corrected chi connectivity index (χ4v) is 4.46. The minimum absolute atomic E-state index is 0.267. The molecule has 0 amide bonds. The Balaban J connectivity index is 1.81. The lowest BCUT2D eigenvalue weighted by Gasteiger charge is -2.10. The second kappa shape index (κ2) is 7.00. The maximum Gasteiger partial charge on any atom is 0.416 e. The summed E-state index contributed by atoms with van der Waals surface area (Å²) in [6, 6.07) is 13.7. The highest BCUT2D eigenvalue weighted by molar-refractivity contribution is 7.90. The van der Waals surface area contributed by atoms with Gasteiger partial charge in [-0.25, -0.2) is 12.4 Å². The van der Waals surface area contributed by atoms with Gasteiger partial charge in [0.1, 0.15) is 0 Å². The molecule has 0 aliphatic carbocycles. The van der Waals surface area contributed by atoms with Crippen LogP contribution in [0.25, 0.3) is 22.0 Å². The van der Waals surface area contributed by atoms with E-state index >= 15 is 0 Å². The number of rotatable bonds is 3. The first kappa shape index (κ1) is 19.7. The smallest absolute Gasteiger partial charge is 0.262 e. The summed E-state index contributed by atoms with van der Waals surface area (Å²) in [5.74, 6) is 0. The summed E-state index contributed by atoms with van der Waals surface area (Å²) in [6.07, 6.45) is -0.252. The summed E-state index contributed by atoms with van der Waals surface area (Å²) in [7, 11) is -4.13. The van der Waals surface area contributed by atoms with Crippen molar-refractivity contribution in [3.8, 4) is 17.2 Å². The monoisotopic (exact) mass is 427 g/mol. The molecule has 0 aliphatic heterocycles. The van der Waals surface area contributed by atoms with Crippen molar-refractivity contribution in [2.24, 2.45) is 0 Å². The highest BCUT2D eigenvalue weighted by atomic mass is 32.2. The molecule has 0 aliphatic rings. The molecule has 0 spiro atoms. The van der Waals surface area contributed by atoms with E-state index in [1.165, 1.54) is 12.4 Å². The molecule has 30 heavy (non-hydrogen) atoms. The Morgan fingerprint density at radius 1 is 0.933 bits per heavy atom. The third-order valence-corrected chi connectivity index (χ3v) is 6.35. The van der Waals surface area contributed by atoms with E-state index in [4.69, 9.17) is 5.26 Å². The predicted octanol–water partition coefficient (Wildman–Crippen LogP) is 4.83. The first-order chi connectivity index (χ1) is 14.2. The number of aromatic nitrogens is 2. The third-order valence-electron chi connectivity index (χ3n) is 4.64. The number of nitriles is 1. The van der Waals surface area contributed by atoms with Crippen molar-refractivity contribution in [1.29, 1.82) is 5.26 Å². The molecule has 0 unspecified atom stereocenters. The average Bonchev–Trinajstić information content (AvgIpc) is 3.18. The normalized spacial score (nSPS) is 12.1. The lowest BCUT2D eigenvalue weighted by Crippen LogP contribution is -2.13. The molecule has 0 atom stereocenters. The Morgan fingerprint density at radius 2 is 1.60 bits per heavy atom. The van der Waals surface area contributed by atoms with Gasteiger partial charge in [0.15, 0.2) is 0 Å². The molecule has 0 saturated carbocycles. The first-order valence-electron chi connectivity index (χ1n) is 8.60. The van der Waals surface area contributed by atoms with E-state index in [2.05, 4.69) is 4.98 Å². The van der Waals surface area contributed by atoms with Gasteiger partial charge in [-0.15, -0.1) is 0 Å². The Labute approximate surface area is 169 Å². The summed E-state index contributed by atoms with van der Waals surface area (Å²) >= 11 is 0. The SMILES string of the molecule is N#Cc1ccc(-c2cncc3c2ccn3S(=O)(=O)c2ccc(C(F)(F)F)cc2)cc1. The summed E-state index contributed by atoms with van der Waals surface area (Å²) in [6.45, 7) is 0. The molecule has 4 aromatic rings. The molecule has 2 aromatic heterocycles. The van der Waals surface area contributed by atoms with Gasteiger partial charge in [0.25, 0.3) is 10.0 Å². The molecule has 0 saturated heterocycles. The van der Waals surface area contributed by atoms with E-state index in [1.54, 1.807) is 36.5 Å². The van der Waals surface area contributed by atoms with Crippen LogP contribution in [-0.2, 0) is 16.2 Å². The molecule has 0 fully saturated rings. The third kappa shape index (κ3) is 3.31. The standard InChI is InChI=1S/C21H12F3N3O2S/c22-21(23,24)16-5-7-17(8-6-16)30(28,29)27-10-9-18-19(12-26-13-20(18)27)15-3-1-14(11-25)2-4-15/h1-10,12-13H. The van der Waals surface area contributed by atoms with E-state index < -0.39 is 21.8 Å². The van der Waals surface area contributed by atoms with Crippen LogP contribution in [0.5, 0.6) is 0 Å². The Hall–Kier alpha value is -3.64. The number of fused-ring (bicyclic) bond motifs is 1. The highest BCUT2D eigenvalue weighted by Crippen LogP contribution is 2.32. The topological polar surface area (TPSA) is 75.8 Å². The minimum Gasteiger partial charge on any atom is -0.262 e. The van der Waals surface area contributed by atoms with E-state index in [0.717, 1.165) is 33.8 Å². The fraction of sp³-hybridized carbons (Fsp3) is 0.0476. The van der Waals surface area contributed by atoms with Crippen molar-refractivity contribution in [2.75, 3.05) is 0 Å². The molecular formula is C21H12F3N3O2S. The van der Waals surface area contributed by atoms with Crippen molar-refractivity contribution in [1.82, 2.24) is 8.96 Å². The lowest BCUT2D eigenvalue weighted by atomic mass is 10.0. The van der Waals surface area contributed by atoms with Gasteiger partial charge in [0, 0.05) is 23.3 Å².